The van der Waals surface area contributed by atoms with Crippen molar-refractivity contribution in [3.8, 4) is 16.3 Å². The molecule has 3 aromatic heterocycles. The zero-order valence-corrected chi connectivity index (χ0v) is 27.6. The third-order valence-corrected chi connectivity index (χ3v) is 8.92. The number of benzene rings is 2. The van der Waals surface area contributed by atoms with Crippen molar-refractivity contribution in [3.63, 3.8) is 0 Å². The molecule has 0 fully saturated rings. The highest BCUT2D eigenvalue weighted by Gasteiger charge is 2.26. The highest BCUT2D eigenvalue weighted by molar-refractivity contribution is 7.22. The summed E-state index contributed by atoms with van der Waals surface area (Å²) < 4.78 is 37.5. The van der Waals surface area contributed by atoms with Crippen LogP contribution in [0.4, 0.5) is 19.3 Å². The Hall–Kier alpha value is -4.72. The Balaban J connectivity index is 1.81. The molecule has 0 aliphatic heterocycles. The summed E-state index contributed by atoms with van der Waals surface area (Å²) in [7, 11) is 3.49. The van der Waals surface area contributed by atoms with Gasteiger partial charge in [0, 0.05) is 48.6 Å². The number of ether oxygens (including phenoxy) is 1. The first-order chi connectivity index (χ1) is 22.5. The number of methoxy groups -OCH3 is 1. The molecule has 13 heteroatoms. The van der Waals surface area contributed by atoms with Crippen molar-refractivity contribution in [2.24, 2.45) is 0 Å². The fraction of sp³-hybridized carbons (Fsp3) is 0.294. The van der Waals surface area contributed by atoms with Crippen LogP contribution in [0.15, 0.2) is 64.2 Å². The second-order valence-electron chi connectivity index (χ2n) is 11.2. The van der Waals surface area contributed by atoms with Gasteiger partial charge in [-0.2, -0.15) is 0 Å². The second kappa shape index (κ2) is 14.4. The number of anilines is 1. The van der Waals surface area contributed by atoms with Gasteiger partial charge < -0.3 is 15.4 Å². The summed E-state index contributed by atoms with van der Waals surface area (Å²) in [5, 5.41) is 5.70. The molecule has 2 N–H and O–H groups in total. The molecule has 0 radical (unpaired) electrons. The summed E-state index contributed by atoms with van der Waals surface area (Å²) in [4.78, 5) is 48.3. The minimum absolute atomic E-state index is 0.120. The Bertz CT molecular complexity index is 2020. The van der Waals surface area contributed by atoms with Crippen LogP contribution in [0.25, 0.3) is 26.5 Å². The van der Waals surface area contributed by atoms with Crippen LogP contribution in [0.2, 0.25) is 0 Å². The number of likely N-dealkylation sites (N-methyl/N-ethyl adjacent to an activating group) is 1. The normalized spacial score (nSPS) is 11.4. The average Bonchev–Trinajstić information content (AvgIpc) is 3.38. The number of carbonyl (C=O) groups is 1. The number of nitrogens with one attached hydrogen (secondary N) is 2. The predicted octanol–water partition coefficient (Wildman–Crippen LogP) is 5.44. The minimum Gasteiger partial charge on any atom is -0.383 e. The molecule has 0 saturated heterocycles. The lowest BCUT2D eigenvalue weighted by Gasteiger charge is -2.18. The zero-order chi connectivity index (χ0) is 33.8. The number of rotatable bonds is 11. The van der Waals surface area contributed by atoms with Gasteiger partial charge in [-0.1, -0.05) is 18.2 Å². The van der Waals surface area contributed by atoms with Crippen LogP contribution in [0.3, 0.4) is 0 Å². The standard InChI is InChI=1S/C34H36F2N6O4S/c1-6-37-33(44)39-23-12-10-22(11-13-23)30-25(18-40(4)14-15-46-5)29-31(43)42(28-17-20(2)16-21(3)38-28)34(45)41(32(29)47-30)19-24-26(35)8-7-9-27(24)36/h7-13,16-17H,6,14-15,18-19H2,1-5H3,(H2,37,39,44). The van der Waals surface area contributed by atoms with Gasteiger partial charge in [0.1, 0.15) is 22.3 Å². The van der Waals surface area contributed by atoms with E-state index < -0.39 is 29.4 Å². The third kappa shape index (κ3) is 7.17. The van der Waals surface area contributed by atoms with Crippen molar-refractivity contribution in [2.75, 3.05) is 39.2 Å². The van der Waals surface area contributed by atoms with E-state index >= 15 is 8.78 Å². The number of carbonyl (C=O) groups excluding carboxylic acids is 1. The van der Waals surface area contributed by atoms with Crippen LogP contribution < -0.4 is 21.9 Å². The first-order valence-electron chi connectivity index (χ1n) is 15.0. The molecule has 0 aliphatic rings. The number of hydrogen-bond acceptors (Lipinski definition) is 7. The van der Waals surface area contributed by atoms with E-state index in [-0.39, 0.29) is 27.6 Å². The Kier molecular flexibility index (Phi) is 10.3. The fourth-order valence-electron chi connectivity index (χ4n) is 5.41. The van der Waals surface area contributed by atoms with Crippen LogP contribution in [0, 0.1) is 25.5 Å². The van der Waals surface area contributed by atoms with Crippen molar-refractivity contribution in [1.82, 2.24) is 24.3 Å². The molecule has 0 aliphatic carbocycles. The van der Waals surface area contributed by atoms with E-state index in [9.17, 15) is 14.4 Å². The topological polar surface area (TPSA) is 110 Å². The monoisotopic (exact) mass is 662 g/mol. The summed E-state index contributed by atoms with van der Waals surface area (Å²) in [5.41, 5.74) is 1.67. The third-order valence-electron chi connectivity index (χ3n) is 7.61. The number of pyridine rings is 1. The van der Waals surface area contributed by atoms with Crippen molar-refractivity contribution in [2.45, 2.75) is 33.9 Å². The zero-order valence-electron chi connectivity index (χ0n) is 26.8. The Morgan fingerprint density at radius 2 is 1.74 bits per heavy atom. The molecule has 0 bridgehead atoms. The molecular formula is C34H36F2N6O4S. The van der Waals surface area contributed by atoms with Crippen LogP contribution in [0.1, 0.15) is 29.3 Å². The van der Waals surface area contributed by atoms with Crippen molar-refractivity contribution < 1.29 is 18.3 Å². The molecule has 0 spiro atoms. The molecule has 2 amide bonds. The van der Waals surface area contributed by atoms with Crippen LogP contribution in [-0.2, 0) is 17.8 Å². The molecule has 10 nitrogen and oxygen atoms in total. The molecular weight excluding hydrogens is 626 g/mol. The number of amides is 2. The van der Waals surface area contributed by atoms with Gasteiger partial charge in [-0.05, 0) is 80.9 Å². The maximum Gasteiger partial charge on any atom is 0.338 e. The fourth-order valence-corrected chi connectivity index (χ4v) is 6.71. The summed E-state index contributed by atoms with van der Waals surface area (Å²) in [6.07, 6.45) is 0. The van der Waals surface area contributed by atoms with E-state index in [1.807, 2.05) is 44.0 Å². The van der Waals surface area contributed by atoms with Gasteiger partial charge in [-0.15, -0.1) is 11.3 Å². The molecule has 246 valence electrons. The summed E-state index contributed by atoms with van der Waals surface area (Å²) in [6.45, 7) is 6.73. The molecule has 0 unspecified atom stereocenters. The highest BCUT2D eigenvalue weighted by atomic mass is 32.1. The van der Waals surface area contributed by atoms with E-state index in [2.05, 4.69) is 15.6 Å². The Morgan fingerprint density at radius 3 is 2.38 bits per heavy atom. The number of nitrogens with zero attached hydrogens (tertiary/aromatic N) is 4. The highest BCUT2D eigenvalue weighted by Crippen LogP contribution is 2.38. The van der Waals surface area contributed by atoms with Crippen LogP contribution >= 0.6 is 11.3 Å². The first-order valence-corrected chi connectivity index (χ1v) is 15.9. The SMILES string of the molecule is CCNC(=O)Nc1ccc(-c2sc3c(c2CN(C)CCOC)c(=O)n(-c2cc(C)cc(C)n2)c(=O)n3Cc2c(F)cccc2F)cc1. The number of thiophene rings is 1. The summed E-state index contributed by atoms with van der Waals surface area (Å²) in [6, 6.07) is 13.8. The molecule has 0 saturated carbocycles. The van der Waals surface area contributed by atoms with Crippen LogP contribution in [0.5, 0.6) is 0 Å². The lowest BCUT2D eigenvalue weighted by molar-refractivity contribution is 0.159. The second-order valence-corrected chi connectivity index (χ2v) is 12.2. The quantitative estimate of drug-likeness (QED) is 0.195. The van der Waals surface area contributed by atoms with Crippen molar-refractivity contribution in [1.29, 1.82) is 0 Å². The van der Waals surface area contributed by atoms with Crippen molar-refractivity contribution >= 4 is 33.3 Å². The van der Waals surface area contributed by atoms with E-state index in [4.69, 9.17) is 4.74 Å². The van der Waals surface area contributed by atoms with Gasteiger partial charge in [-0.25, -0.2) is 27.9 Å². The Labute approximate surface area is 274 Å². The number of fused-ring (bicyclic) bond motifs is 1. The number of halogens is 2. The van der Waals surface area contributed by atoms with E-state index in [0.29, 0.717) is 48.1 Å². The first kappa shape index (κ1) is 33.6. The van der Waals surface area contributed by atoms with Gasteiger partial charge in [0.2, 0.25) is 0 Å². The maximum absolute atomic E-state index is 15.0. The average molecular weight is 663 g/mol. The number of hydrogen-bond donors (Lipinski definition) is 2. The molecule has 5 aromatic rings. The van der Waals surface area contributed by atoms with Gasteiger partial charge in [-0.3, -0.25) is 14.3 Å². The summed E-state index contributed by atoms with van der Waals surface area (Å²) >= 11 is 1.19. The smallest absolute Gasteiger partial charge is 0.338 e. The lowest BCUT2D eigenvalue weighted by Crippen LogP contribution is -2.40. The lowest BCUT2D eigenvalue weighted by atomic mass is 10.1. The predicted molar refractivity (Wildman–Crippen MR) is 181 cm³/mol. The molecule has 0 atom stereocenters. The number of aromatic nitrogens is 3. The van der Waals surface area contributed by atoms with Gasteiger partial charge in [0.15, 0.2) is 0 Å². The maximum atomic E-state index is 15.0. The van der Waals surface area contributed by atoms with Gasteiger partial charge in [0.05, 0.1) is 18.5 Å². The van der Waals surface area contributed by atoms with E-state index in [0.717, 1.165) is 27.8 Å². The van der Waals surface area contributed by atoms with E-state index in [1.165, 1.54) is 22.0 Å². The molecule has 3 heterocycles. The van der Waals surface area contributed by atoms with Crippen molar-refractivity contribution in [3.05, 3.63) is 109 Å². The minimum atomic E-state index is -0.807. The summed E-state index contributed by atoms with van der Waals surface area (Å²) in [5.74, 6) is -1.49. The molecule has 47 heavy (non-hydrogen) atoms. The molecule has 2 aromatic carbocycles. The van der Waals surface area contributed by atoms with Gasteiger partial charge >= 0.3 is 11.7 Å². The largest absolute Gasteiger partial charge is 0.383 e. The number of urea groups is 1. The number of aryl methyl sites for hydroxylation is 2. The van der Waals surface area contributed by atoms with E-state index in [1.54, 1.807) is 32.2 Å². The van der Waals surface area contributed by atoms with Crippen LogP contribution in [-0.4, -0.2) is 58.9 Å². The Morgan fingerprint density at radius 1 is 1.04 bits per heavy atom. The molecule has 5 rings (SSSR count). The van der Waals surface area contributed by atoms with Gasteiger partial charge in [0.25, 0.3) is 5.56 Å².